The van der Waals surface area contributed by atoms with Gasteiger partial charge in [-0.15, -0.1) is 0 Å². The van der Waals surface area contributed by atoms with E-state index in [0.717, 1.165) is 17.5 Å². The van der Waals surface area contributed by atoms with Gasteiger partial charge in [0.15, 0.2) is 0 Å². The van der Waals surface area contributed by atoms with Crippen LogP contribution in [-0.2, 0) is 22.6 Å². The van der Waals surface area contributed by atoms with E-state index in [1.807, 2.05) is 26.0 Å². The maximum absolute atomic E-state index is 13.1. The Morgan fingerprint density at radius 3 is 2.34 bits per heavy atom. The number of halogens is 3. The van der Waals surface area contributed by atoms with Gasteiger partial charge in [0.2, 0.25) is 11.8 Å². The Morgan fingerprint density at radius 1 is 1.00 bits per heavy atom. The normalized spacial score (nSPS) is 12.9. The van der Waals surface area contributed by atoms with Crippen LogP contribution in [0.5, 0.6) is 0 Å². The second-order valence-electron chi connectivity index (χ2n) is 7.07. The molecule has 0 aliphatic heterocycles. The van der Waals surface area contributed by atoms with Crippen LogP contribution in [0.4, 0.5) is 0 Å². The number of hydrogen-bond donors (Lipinski definition) is 1. The summed E-state index contributed by atoms with van der Waals surface area (Å²) >= 11 is 18.1. The first-order chi connectivity index (χ1) is 13.7. The average molecular weight is 456 g/mol. The van der Waals surface area contributed by atoms with Crippen molar-refractivity contribution < 1.29 is 9.59 Å². The van der Waals surface area contributed by atoms with Gasteiger partial charge in [-0.2, -0.15) is 0 Å². The van der Waals surface area contributed by atoms with Crippen LogP contribution in [0.3, 0.4) is 0 Å². The highest BCUT2D eigenvalue weighted by Crippen LogP contribution is 2.23. The molecule has 2 atom stereocenters. The Morgan fingerprint density at radius 2 is 1.72 bits per heavy atom. The van der Waals surface area contributed by atoms with Crippen LogP contribution >= 0.6 is 34.8 Å². The van der Waals surface area contributed by atoms with Gasteiger partial charge in [-0.1, -0.05) is 59.9 Å². The number of nitrogens with zero attached hydrogens (tertiary/aromatic N) is 1. The number of benzene rings is 2. The summed E-state index contributed by atoms with van der Waals surface area (Å²) in [6, 6.07) is 11.7. The van der Waals surface area contributed by atoms with Crippen LogP contribution in [0.15, 0.2) is 42.5 Å². The fourth-order valence-electron chi connectivity index (χ4n) is 2.81. The van der Waals surface area contributed by atoms with E-state index >= 15 is 0 Å². The number of nitrogens with one attached hydrogen (secondary N) is 1. The van der Waals surface area contributed by atoms with Crippen LogP contribution in [-0.4, -0.2) is 28.8 Å². The first kappa shape index (κ1) is 23.5. The zero-order valence-corrected chi connectivity index (χ0v) is 19.0. The van der Waals surface area contributed by atoms with Crippen molar-refractivity contribution in [3.8, 4) is 0 Å². The smallest absolute Gasteiger partial charge is 0.242 e. The number of hydrogen-bond acceptors (Lipinski definition) is 2. The van der Waals surface area contributed by atoms with Crippen molar-refractivity contribution in [2.75, 3.05) is 0 Å². The van der Waals surface area contributed by atoms with Crippen molar-refractivity contribution in [3.63, 3.8) is 0 Å². The molecule has 0 spiro atoms. The first-order valence-corrected chi connectivity index (χ1v) is 10.6. The minimum atomic E-state index is -0.641. The summed E-state index contributed by atoms with van der Waals surface area (Å²) in [6.45, 7) is 5.93. The van der Waals surface area contributed by atoms with E-state index in [2.05, 4.69) is 5.32 Å². The molecule has 4 nitrogen and oxygen atoms in total. The molecule has 156 valence electrons. The third-order valence-electron chi connectivity index (χ3n) is 4.75. The molecular formula is C22H25Cl3N2O2. The zero-order chi connectivity index (χ0) is 21.6. The van der Waals surface area contributed by atoms with Crippen LogP contribution in [0.2, 0.25) is 15.1 Å². The van der Waals surface area contributed by atoms with Crippen molar-refractivity contribution in [1.82, 2.24) is 10.2 Å². The van der Waals surface area contributed by atoms with Crippen molar-refractivity contribution in [2.24, 2.45) is 0 Å². The Labute approximate surface area is 187 Å². The van der Waals surface area contributed by atoms with E-state index in [1.54, 1.807) is 42.2 Å². The van der Waals surface area contributed by atoms with Crippen LogP contribution in [0.25, 0.3) is 0 Å². The van der Waals surface area contributed by atoms with Gasteiger partial charge >= 0.3 is 0 Å². The molecule has 2 aromatic carbocycles. The van der Waals surface area contributed by atoms with E-state index in [0.29, 0.717) is 15.1 Å². The zero-order valence-electron chi connectivity index (χ0n) is 16.7. The van der Waals surface area contributed by atoms with Crippen molar-refractivity contribution in [1.29, 1.82) is 0 Å². The fourth-order valence-corrected chi connectivity index (χ4v) is 3.34. The Bertz CT molecular complexity index is 873. The maximum Gasteiger partial charge on any atom is 0.242 e. The third kappa shape index (κ3) is 6.91. The Kier molecular flexibility index (Phi) is 8.81. The molecule has 0 unspecified atom stereocenters. The number of carbonyl (C=O) groups is 2. The maximum atomic E-state index is 13.1. The Hall–Kier alpha value is -1.75. The van der Waals surface area contributed by atoms with Gasteiger partial charge in [-0.05, 0) is 55.7 Å². The molecule has 0 saturated heterocycles. The third-order valence-corrected chi connectivity index (χ3v) is 5.72. The Balaban J connectivity index is 2.25. The quantitative estimate of drug-likeness (QED) is 0.569. The molecule has 1 N–H and O–H groups in total. The number of amides is 2. The molecule has 2 rings (SSSR count). The summed E-state index contributed by atoms with van der Waals surface area (Å²) in [7, 11) is 0. The summed E-state index contributed by atoms with van der Waals surface area (Å²) in [5.41, 5.74) is 1.58. The lowest BCUT2D eigenvalue weighted by molar-refractivity contribution is -0.140. The van der Waals surface area contributed by atoms with Crippen LogP contribution in [0.1, 0.15) is 38.3 Å². The molecule has 2 aromatic rings. The van der Waals surface area contributed by atoms with Gasteiger partial charge in [0.05, 0.1) is 16.5 Å². The molecule has 2 amide bonds. The van der Waals surface area contributed by atoms with Crippen molar-refractivity contribution in [2.45, 2.75) is 52.2 Å². The minimum absolute atomic E-state index is 0.0307. The molecule has 0 aliphatic carbocycles. The number of carbonyl (C=O) groups excluding carboxylic acids is 2. The van der Waals surface area contributed by atoms with E-state index in [-0.39, 0.29) is 30.8 Å². The monoisotopic (exact) mass is 454 g/mol. The van der Waals surface area contributed by atoms with Crippen molar-refractivity contribution >= 4 is 46.6 Å². The van der Waals surface area contributed by atoms with Gasteiger partial charge in [-0.3, -0.25) is 9.59 Å². The van der Waals surface area contributed by atoms with E-state index < -0.39 is 6.04 Å². The summed E-state index contributed by atoms with van der Waals surface area (Å²) in [4.78, 5) is 27.4. The highest BCUT2D eigenvalue weighted by atomic mass is 35.5. The predicted octanol–water partition coefficient (Wildman–Crippen LogP) is 5.52. The summed E-state index contributed by atoms with van der Waals surface area (Å²) < 4.78 is 0. The molecule has 0 bridgehead atoms. The molecule has 0 aromatic heterocycles. The van der Waals surface area contributed by atoms with E-state index in [9.17, 15) is 9.59 Å². The molecule has 0 heterocycles. The highest BCUT2D eigenvalue weighted by molar-refractivity contribution is 6.42. The lowest BCUT2D eigenvalue weighted by Gasteiger charge is -2.30. The lowest BCUT2D eigenvalue weighted by Crippen LogP contribution is -2.49. The minimum Gasteiger partial charge on any atom is -0.352 e. The van der Waals surface area contributed by atoms with Gasteiger partial charge in [0.25, 0.3) is 0 Å². The van der Waals surface area contributed by atoms with E-state index in [4.69, 9.17) is 34.8 Å². The molecule has 0 aliphatic rings. The average Bonchev–Trinajstić information content (AvgIpc) is 2.68. The largest absolute Gasteiger partial charge is 0.352 e. The fraction of sp³-hybridized carbons (Fsp3) is 0.364. The summed E-state index contributed by atoms with van der Waals surface area (Å²) in [5, 5.41) is 4.34. The molecule has 0 fully saturated rings. The SMILES string of the molecule is CC[C@@H](C)NC(=O)[C@H](C)N(Cc1cccc(Cl)c1)C(=O)Cc1ccc(Cl)c(Cl)c1. The highest BCUT2D eigenvalue weighted by Gasteiger charge is 2.27. The van der Waals surface area contributed by atoms with Gasteiger partial charge in [0, 0.05) is 17.6 Å². The molecule has 0 saturated carbocycles. The number of rotatable bonds is 8. The second-order valence-corrected chi connectivity index (χ2v) is 8.32. The predicted molar refractivity (Wildman–Crippen MR) is 120 cm³/mol. The second kappa shape index (κ2) is 10.9. The molecule has 7 heteroatoms. The van der Waals surface area contributed by atoms with E-state index in [1.165, 1.54) is 0 Å². The summed E-state index contributed by atoms with van der Waals surface area (Å²) in [5.74, 6) is -0.376. The lowest BCUT2D eigenvalue weighted by atomic mass is 10.1. The standard InChI is InChI=1S/C22H25Cl3N2O2/c1-4-14(2)26-22(29)15(3)27(13-17-6-5-7-18(23)10-17)21(28)12-16-8-9-19(24)20(25)11-16/h5-11,14-15H,4,12-13H2,1-3H3,(H,26,29)/t14-,15+/m1/s1. The van der Waals surface area contributed by atoms with Crippen LogP contribution in [0, 0.1) is 0 Å². The van der Waals surface area contributed by atoms with Gasteiger partial charge in [0.1, 0.15) is 6.04 Å². The van der Waals surface area contributed by atoms with Gasteiger partial charge in [-0.25, -0.2) is 0 Å². The topological polar surface area (TPSA) is 49.4 Å². The summed E-state index contributed by atoms with van der Waals surface area (Å²) in [6.07, 6.45) is 0.919. The molecular weight excluding hydrogens is 431 g/mol. The first-order valence-electron chi connectivity index (χ1n) is 9.49. The molecule has 29 heavy (non-hydrogen) atoms. The van der Waals surface area contributed by atoms with Crippen molar-refractivity contribution in [3.05, 3.63) is 68.7 Å². The van der Waals surface area contributed by atoms with Gasteiger partial charge < -0.3 is 10.2 Å². The van der Waals surface area contributed by atoms with Crippen LogP contribution < -0.4 is 5.32 Å². The molecule has 0 radical (unpaired) electrons.